The van der Waals surface area contributed by atoms with Crippen LogP contribution in [0.3, 0.4) is 0 Å². The van der Waals surface area contributed by atoms with Crippen LogP contribution in [-0.2, 0) is 6.54 Å². The van der Waals surface area contributed by atoms with E-state index in [1.165, 1.54) is 0 Å². The molecule has 3 heterocycles. The third-order valence-electron chi connectivity index (χ3n) is 6.14. The number of fused-ring (bicyclic) bond motifs is 2. The lowest BCUT2D eigenvalue weighted by Crippen LogP contribution is -2.37. The van der Waals surface area contributed by atoms with E-state index in [1.54, 1.807) is 6.07 Å². The number of para-hydroxylation sites is 2. The van der Waals surface area contributed by atoms with Gasteiger partial charge in [0.1, 0.15) is 0 Å². The number of piperidine rings is 1. The van der Waals surface area contributed by atoms with Crippen molar-refractivity contribution in [2.45, 2.75) is 31.8 Å². The van der Waals surface area contributed by atoms with Gasteiger partial charge < -0.3 is 14.9 Å². The van der Waals surface area contributed by atoms with Crippen LogP contribution < -0.4 is 11.4 Å². The van der Waals surface area contributed by atoms with Gasteiger partial charge in [-0.25, -0.2) is 9.59 Å². The number of likely N-dealkylation sites (tertiary alicyclic amines) is 1. The van der Waals surface area contributed by atoms with Crippen molar-refractivity contribution in [1.29, 1.82) is 0 Å². The standard InChI is InChI=1S/C22H24ClN5O2.2ClH/c23-15-6-7-20-18(14-15)25-22(30)28(20)16-8-12-26(13-9-16)10-3-11-27-19-5-2-1-4-17(19)24-21(27)29;;/h1-2,4-7,14,16H,3,8-13H2,(H,24,29)(H,25,30);2*1H. The van der Waals surface area contributed by atoms with Crippen molar-refractivity contribution in [3.05, 3.63) is 68.5 Å². The van der Waals surface area contributed by atoms with E-state index in [0.717, 1.165) is 61.0 Å². The smallest absolute Gasteiger partial charge is 0.306 e. The third-order valence-corrected chi connectivity index (χ3v) is 6.37. The largest absolute Gasteiger partial charge is 0.326 e. The molecule has 0 atom stereocenters. The van der Waals surface area contributed by atoms with Crippen LogP contribution in [0, 0.1) is 0 Å². The summed E-state index contributed by atoms with van der Waals surface area (Å²) in [7, 11) is 0. The van der Waals surface area contributed by atoms with Crippen molar-refractivity contribution in [3.8, 4) is 0 Å². The van der Waals surface area contributed by atoms with E-state index >= 15 is 0 Å². The van der Waals surface area contributed by atoms with Crippen LogP contribution >= 0.6 is 36.4 Å². The molecule has 2 aromatic heterocycles. The number of benzene rings is 2. The zero-order valence-electron chi connectivity index (χ0n) is 17.4. The third kappa shape index (κ3) is 4.62. The average Bonchev–Trinajstić information content (AvgIpc) is 3.23. The highest BCUT2D eigenvalue weighted by Gasteiger charge is 2.23. The molecule has 172 valence electrons. The summed E-state index contributed by atoms with van der Waals surface area (Å²) in [5, 5.41) is 0.625. The molecule has 4 aromatic rings. The quantitative estimate of drug-likeness (QED) is 0.433. The highest BCUT2D eigenvalue weighted by Crippen LogP contribution is 2.26. The molecule has 1 aliphatic rings. The minimum Gasteiger partial charge on any atom is -0.306 e. The fourth-order valence-electron chi connectivity index (χ4n) is 4.65. The molecule has 0 unspecified atom stereocenters. The first-order chi connectivity index (χ1) is 14.6. The first kappa shape index (κ1) is 24.5. The van der Waals surface area contributed by atoms with E-state index in [-0.39, 0.29) is 42.2 Å². The average molecular weight is 499 g/mol. The van der Waals surface area contributed by atoms with Gasteiger partial charge in [-0.3, -0.25) is 9.13 Å². The van der Waals surface area contributed by atoms with Crippen LogP contribution in [0.15, 0.2) is 52.1 Å². The van der Waals surface area contributed by atoms with Crippen molar-refractivity contribution in [1.82, 2.24) is 24.0 Å². The number of nitrogens with zero attached hydrogens (tertiary/aromatic N) is 3. The van der Waals surface area contributed by atoms with Crippen molar-refractivity contribution >= 4 is 58.5 Å². The normalized spacial score (nSPS) is 15.0. The molecular weight excluding hydrogens is 473 g/mol. The zero-order valence-corrected chi connectivity index (χ0v) is 19.8. The lowest BCUT2D eigenvalue weighted by atomic mass is 10.0. The molecule has 2 N–H and O–H groups in total. The Labute approximate surface area is 202 Å². The monoisotopic (exact) mass is 497 g/mol. The van der Waals surface area contributed by atoms with Gasteiger partial charge >= 0.3 is 11.4 Å². The summed E-state index contributed by atoms with van der Waals surface area (Å²) >= 11 is 6.05. The molecule has 0 aliphatic carbocycles. The van der Waals surface area contributed by atoms with Crippen LogP contribution in [0.25, 0.3) is 22.1 Å². The number of hydrogen-bond acceptors (Lipinski definition) is 3. The maximum Gasteiger partial charge on any atom is 0.326 e. The molecule has 0 spiro atoms. The Morgan fingerprint density at radius 3 is 2.38 bits per heavy atom. The van der Waals surface area contributed by atoms with Crippen molar-refractivity contribution in [2.75, 3.05) is 19.6 Å². The van der Waals surface area contributed by atoms with Crippen LogP contribution in [0.1, 0.15) is 25.3 Å². The van der Waals surface area contributed by atoms with Crippen molar-refractivity contribution < 1.29 is 0 Å². The van der Waals surface area contributed by atoms with Gasteiger partial charge in [-0.05, 0) is 56.1 Å². The van der Waals surface area contributed by atoms with Gasteiger partial charge in [-0.15, -0.1) is 24.8 Å². The maximum atomic E-state index is 12.5. The first-order valence-corrected chi connectivity index (χ1v) is 10.8. The summed E-state index contributed by atoms with van der Waals surface area (Å²) in [6, 6.07) is 13.5. The van der Waals surface area contributed by atoms with Gasteiger partial charge in [0.2, 0.25) is 0 Å². The summed E-state index contributed by atoms with van der Waals surface area (Å²) in [4.78, 5) is 32.9. The Morgan fingerprint density at radius 1 is 0.875 bits per heavy atom. The topological polar surface area (TPSA) is 78.8 Å². The number of aryl methyl sites for hydroxylation is 1. The summed E-state index contributed by atoms with van der Waals surface area (Å²) < 4.78 is 3.70. The summed E-state index contributed by atoms with van der Waals surface area (Å²) in [5.41, 5.74) is 3.44. The van der Waals surface area contributed by atoms with E-state index in [0.29, 0.717) is 11.6 Å². The summed E-state index contributed by atoms with van der Waals surface area (Å²) in [6.45, 7) is 3.53. The molecule has 1 saturated heterocycles. The lowest BCUT2D eigenvalue weighted by molar-refractivity contribution is 0.183. The molecule has 0 radical (unpaired) electrons. The Kier molecular flexibility index (Phi) is 7.77. The maximum absolute atomic E-state index is 12.5. The van der Waals surface area contributed by atoms with E-state index in [9.17, 15) is 9.59 Å². The molecular formula is C22H26Cl3N5O2. The first-order valence-electron chi connectivity index (χ1n) is 10.4. The second kappa shape index (κ2) is 10.2. The molecule has 0 bridgehead atoms. The summed E-state index contributed by atoms with van der Waals surface area (Å²) in [5.74, 6) is 0. The SMILES string of the molecule is Cl.Cl.O=c1[nH]c2ccccc2n1CCCN1CCC(n2c(=O)[nH]c3cc(Cl)ccc32)CC1. The number of nitrogens with one attached hydrogen (secondary N) is 2. The Bertz CT molecular complexity index is 1310. The van der Waals surface area contributed by atoms with E-state index in [2.05, 4.69) is 14.9 Å². The number of aromatic amines is 2. The molecule has 2 aromatic carbocycles. The molecule has 32 heavy (non-hydrogen) atoms. The molecule has 10 heteroatoms. The summed E-state index contributed by atoms with van der Waals surface area (Å²) in [6.07, 6.45) is 2.78. The molecule has 0 amide bonds. The highest BCUT2D eigenvalue weighted by molar-refractivity contribution is 6.31. The number of imidazole rings is 2. The molecule has 1 fully saturated rings. The number of halogens is 3. The number of H-pyrrole nitrogens is 2. The van der Waals surface area contributed by atoms with Crippen LogP contribution in [0.5, 0.6) is 0 Å². The van der Waals surface area contributed by atoms with Gasteiger partial charge in [-0.1, -0.05) is 23.7 Å². The predicted octanol–water partition coefficient (Wildman–Crippen LogP) is 4.20. The molecule has 7 nitrogen and oxygen atoms in total. The lowest BCUT2D eigenvalue weighted by Gasteiger charge is -2.32. The highest BCUT2D eigenvalue weighted by atomic mass is 35.5. The van der Waals surface area contributed by atoms with Crippen LogP contribution in [0.4, 0.5) is 0 Å². The number of aromatic nitrogens is 4. The fraction of sp³-hybridized carbons (Fsp3) is 0.364. The second-order valence-corrected chi connectivity index (χ2v) is 8.42. The van der Waals surface area contributed by atoms with Crippen molar-refractivity contribution in [3.63, 3.8) is 0 Å². The van der Waals surface area contributed by atoms with Gasteiger partial charge in [0, 0.05) is 30.7 Å². The fourth-order valence-corrected chi connectivity index (χ4v) is 4.82. The van der Waals surface area contributed by atoms with E-state index in [4.69, 9.17) is 11.6 Å². The van der Waals surface area contributed by atoms with E-state index < -0.39 is 0 Å². The predicted molar refractivity (Wildman–Crippen MR) is 134 cm³/mol. The minimum atomic E-state index is -0.0653. The van der Waals surface area contributed by atoms with Crippen molar-refractivity contribution in [2.24, 2.45) is 0 Å². The Balaban J connectivity index is 0.00000144. The Hall–Kier alpha value is -2.19. The molecule has 5 rings (SSSR count). The molecule has 1 aliphatic heterocycles. The van der Waals surface area contributed by atoms with Crippen LogP contribution in [0.2, 0.25) is 5.02 Å². The van der Waals surface area contributed by atoms with Gasteiger partial charge in [-0.2, -0.15) is 0 Å². The minimum absolute atomic E-state index is 0. The zero-order chi connectivity index (χ0) is 20.7. The second-order valence-electron chi connectivity index (χ2n) is 7.99. The van der Waals surface area contributed by atoms with E-state index in [1.807, 2.05) is 45.5 Å². The van der Waals surface area contributed by atoms with Gasteiger partial charge in [0.15, 0.2) is 0 Å². The molecule has 0 saturated carbocycles. The van der Waals surface area contributed by atoms with Gasteiger partial charge in [0.25, 0.3) is 0 Å². The van der Waals surface area contributed by atoms with Crippen LogP contribution in [-0.4, -0.2) is 43.6 Å². The number of hydrogen-bond donors (Lipinski definition) is 2. The number of rotatable bonds is 5. The van der Waals surface area contributed by atoms with Gasteiger partial charge in [0.05, 0.1) is 22.1 Å². The Morgan fingerprint density at radius 2 is 1.59 bits per heavy atom.